The van der Waals surface area contributed by atoms with Crippen LogP contribution in [0.15, 0.2) is 11.6 Å². The number of rotatable bonds is 7. The molecule has 4 rings (SSSR count). The Morgan fingerprint density at radius 2 is 1.87 bits per heavy atom. The predicted molar refractivity (Wildman–Crippen MR) is 128 cm³/mol. The molecule has 0 bridgehead atoms. The Morgan fingerprint density at radius 3 is 2.58 bits per heavy atom. The number of amides is 1. The Hall–Kier alpha value is -0.290. The van der Waals surface area contributed by atoms with Crippen LogP contribution in [0.3, 0.4) is 0 Å². The third-order valence-electron chi connectivity index (χ3n) is 9.58. The predicted octanol–water partition coefficient (Wildman–Crippen LogP) is 4.57. The summed E-state index contributed by atoms with van der Waals surface area (Å²) in [5.41, 5.74) is 1.99. The molecular formula is C25H40Cl2N2O2. The van der Waals surface area contributed by atoms with Gasteiger partial charge < -0.3 is 10.4 Å². The fourth-order valence-corrected chi connectivity index (χ4v) is 8.31. The lowest BCUT2D eigenvalue weighted by Gasteiger charge is -2.58. The highest BCUT2D eigenvalue weighted by Gasteiger charge is 2.58. The Bertz CT molecular complexity index is 695. The van der Waals surface area contributed by atoms with E-state index in [0.29, 0.717) is 43.2 Å². The molecule has 31 heavy (non-hydrogen) atoms. The molecule has 0 radical (unpaired) electrons. The minimum atomic E-state index is -0.145. The topological polar surface area (TPSA) is 52.6 Å². The molecule has 2 N–H and O–H groups in total. The number of fused-ring (bicyclic) bond motifs is 5. The van der Waals surface area contributed by atoms with Crippen LogP contribution in [-0.2, 0) is 4.79 Å². The molecule has 7 unspecified atom stereocenters. The van der Waals surface area contributed by atoms with E-state index >= 15 is 0 Å². The number of halogens is 2. The number of aliphatic hydroxyl groups excluding tert-OH is 1. The van der Waals surface area contributed by atoms with Crippen LogP contribution in [0.1, 0.15) is 65.2 Å². The molecule has 0 saturated heterocycles. The fraction of sp³-hybridized carbons (Fsp3) is 0.880. The molecule has 0 spiro atoms. The number of alkyl halides is 2. The van der Waals surface area contributed by atoms with E-state index in [1.165, 1.54) is 24.8 Å². The molecule has 4 nitrogen and oxygen atoms in total. The van der Waals surface area contributed by atoms with Crippen LogP contribution in [-0.4, -0.2) is 59.5 Å². The van der Waals surface area contributed by atoms with E-state index in [1.807, 2.05) is 4.90 Å². The van der Waals surface area contributed by atoms with Gasteiger partial charge in [-0.3, -0.25) is 9.69 Å². The standard InChI is InChI=1S/C25H40Cl2N2O2/c1-24-9-7-18(30)15-17(24)3-4-19-20-5-6-22(25(20,2)10-8-21(19)24)28-23(31)16-29(13-11-26)14-12-27/h3,18-22,30H,4-16H2,1-2H3,(H,28,31). The van der Waals surface area contributed by atoms with Gasteiger partial charge in [0.1, 0.15) is 0 Å². The van der Waals surface area contributed by atoms with Crippen LogP contribution in [0.4, 0.5) is 0 Å². The molecule has 0 aliphatic heterocycles. The van der Waals surface area contributed by atoms with E-state index < -0.39 is 0 Å². The van der Waals surface area contributed by atoms with Gasteiger partial charge in [0.05, 0.1) is 12.6 Å². The second-order valence-corrected chi connectivity index (χ2v) is 11.8. The SMILES string of the molecule is CC12CCC(O)CC1=CCC1C2CCC2(C)C(NC(=O)CN(CCCl)CCCl)CCC12. The maximum atomic E-state index is 12.9. The van der Waals surface area contributed by atoms with Crippen LogP contribution in [0.5, 0.6) is 0 Å². The van der Waals surface area contributed by atoms with E-state index in [0.717, 1.165) is 38.0 Å². The zero-order chi connectivity index (χ0) is 22.2. The number of carbonyl (C=O) groups is 1. The van der Waals surface area contributed by atoms with Crippen LogP contribution in [0, 0.1) is 28.6 Å². The first kappa shape index (κ1) is 23.9. The Kier molecular flexibility index (Phi) is 7.33. The van der Waals surface area contributed by atoms with Gasteiger partial charge in [0.15, 0.2) is 0 Å². The lowest BCUT2D eigenvalue weighted by molar-refractivity contribution is -0.124. The van der Waals surface area contributed by atoms with E-state index in [2.05, 4.69) is 25.2 Å². The highest BCUT2D eigenvalue weighted by Crippen LogP contribution is 2.64. The molecule has 0 heterocycles. The van der Waals surface area contributed by atoms with Crippen molar-refractivity contribution in [1.82, 2.24) is 10.2 Å². The number of carbonyl (C=O) groups excluding carboxylic acids is 1. The minimum absolute atomic E-state index is 0.114. The number of nitrogens with one attached hydrogen (secondary N) is 1. The summed E-state index contributed by atoms with van der Waals surface area (Å²) in [4.78, 5) is 14.9. The lowest BCUT2D eigenvalue weighted by atomic mass is 9.48. The summed E-state index contributed by atoms with van der Waals surface area (Å²) in [5.74, 6) is 3.27. The largest absolute Gasteiger partial charge is 0.393 e. The average molecular weight is 472 g/mol. The van der Waals surface area contributed by atoms with Crippen molar-refractivity contribution in [3.05, 3.63) is 11.6 Å². The molecule has 176 valence electrons. The maximum absolute atomic E-state index is 12.9. The zero-order valence-corrected chi connectivity index (χ0v) is 20.7. The van der Waals surface area contributed by atoms with Gasteiger partial charge in [0.2, 0.25) is 5.91 Å². The van der Waals surface area contributed by atoms with Gasteiger partial charge >= 0.3 is 0 Å². The van der Waals surface area contributed by atoms with Crippen molar-refractivity contribution in [3.8, 4) is 0 Å². The van der Waals surface area contributed by atoms with Crippen LogP contribution in [0.2, 0.25) is 0 Å². The molecular weight excluding hydrogens is 431 g/mol. The van der Waals surface area contributed by atoms with Crippen molar-refractivity contribution in [2.45, 2.75) is 77.4 Å². The fourth-order valence-electron chi connectivity index (χ4n) is 7.83. The third-order valence-corrected chi connectivity index (χ3v) is 9.92. The van der Waals surface area contributed by atoms with Crippen LogP contribution < -0.4 is 5.32 Å². The van der Waals surface area contributed by atoms with Crippen molar-refractivity contribution in [2.75, 3.05) is 31.4 Å². The maximum Gasteiger partial charge on any atom is 0.234 e. The summed E-state index contributed by atoms with van der Waals surface area (Å²) in [7, 11) is 0. The number of hydrogen-bond acceptors (Lipinski definition) is 3. The quantitative estimate of drug-likeness (QED) is 0.422. The van der Waals surface area contributed by atoms with Gasteiger partial charge in [0, 0.05) is 30.9 Å². The Morgan fingerprint density at radius 1 is 1.13 bits per heavy atom. The highest BCUT2D eigenvalue weighted by molar-refractivity contribution is 6.18. The molecule has 1 amide bonds. The number of hydrogen-bond donors (Lipinski definition) is 2. The van der Waals surface area contributed by atoms with E-state index in [1.54, 1.807) is 0 Å². The Balaban J connectivity index is 1.44. The van der Waals surface area contributed by atoms with E-state index in [-0.39, 0.29) is 28.9 Å². The van der Waals surface area contributed by atoms with Crippen LogP contribution >= 0.6 is 23.2 Å². The van der Waals surface area contributed by atoms with Crippen molar-refractivity contribution in [3.63, 3.8) is 0 Å². The average Bonchev–Trinajstić information content (AvgIpc) is 3.05. The number of aliphatic hydroxyl groups is 1. The van der Waals surface area contributed by atoms with E-state index in [9.17, 15) is 9.90 Å². The number of allylic oxidation sites excluding steroid dienone is 1. The van der Waals surface area contributed by atoms with Crippen molar-refractivity contribution >= 4 is 29.1 Å². The summed E-state index contributed by atoms with van der Waals surface area (Å²) in [6.45, 7) is 6.68. The first-order chi connectivity index (χ1) is 14.8. The minimum Gasteiger partial charge on any atom is -0.393 e. The summed E-state index contributed by atoms with van der Waals surface area (Å²) >= 11 is 11.8. The van der Waals surface area contributed by atoms with Crippen molar-refractivity contribution in [1.29, 1.82) is 0 Å². The van der Waals surface area contributed by atoms with Gasteiger partial charge in [-0.15, -0.1) is 23.2 Å². The molecule has 3 saturated carbocycles. The molecule has 0 aromatic carbocycles. The molecule has 0 aromatic heterocycles. The van der Waals surface area contributed by atoms with Gasteiger partial charge in [0.25, 0.3) is 0 Å². The van der Waals surface area contributed by atoms with Crippen LogP contribution in [0.25, 0.3) is 0 Å². The summed E-state index contributed by atoms with van der Waals surface area (Å²) in [6.07, 6.45) is 11.2. The zero-order valence-electron chi connectivity index (χ0n) is 19.2. The molecule has 6 heteroatoms. The van der Waals surface area contributed by atoms with Gasteiger partial charge in [-0.25, -0.2) is 0 Å². The molecule has 4 aliphatic carbocycles. The normalized spacial score (nSPS) is 41.9. The first-order valence-corrected chi connectivity index (χ1v) is 13.4. The molecule has 3 fully saturated rings. The van der Waals surface area contributed by atoms with Crippen molar-refractivity contribution < 1.29 is 9.90 Å². The van der Waals surface area contributed by atoms with Gasteiger partial charge in [-0.2, -0.15) is 0 Å². The smallest absolute Gasteiger partial charge is 0.234 e. The summed E-state index contributed by atoms with van der Waals surface area (Å²) < 4.78 is 0. The first-order valence-electron chi connectivity index (χ1n) is 12.3. The third kappa shape index (κ3) is 4.44. The van der Waals surface area contributed by atoms with Crippen molar-refractivity contribution in [2.24, 2.45) is 28.6 Å². The monoisotopic (exact) mass is 470 g/mol. The van der Waals surface area contributed by atoms with Gasteiger partial charge in [-0.05, 0) is 80.0 Å². The molecule has 0 aromatic rings. The number of nitrogens with zero attached hydrogens (tertiary/aromatic N) is 1. The second-order valence-electron chi connectivity index (χ2n) is 11.1. The Labute approximate surface area is 198 Å². The summed E-state index contributed by atoms with van der Waals surface area (Å²) in [5, 5.41) is 13.6. The molecule has 4 aliphatic rings. The highest BCUT2D eigenvalue weighted by atomic mass is 35.5. The van der Waals surface area contributed by atoms with E-state index in [4.69, 9.17) is 23.2 Å². The lowest BCUT2D eigenvalue weighted by Crippen LogP contribution is -2.54. The molecule has 7 atom stereocenters. The van der Waals surface area contributed by atoms with Gasteiger partial charge in [-0.1, -0.05) is 25.5 Å². The second kappa shape index (κ2) is 9.52. The summed E-state index contributed by atoms with van der Waals surface area (Å²) in [6, 6.07) is 0.270.